The highest BCUT2D eigenvalue weighted by Gasteiger charge is 2.24. The monoisotopic (exact) mass is 1300 g/mol. The first-order valence-corrected chi connectivity index (χ1v) is 32.2. The molecule has 0 bridgehead atoms. The Morgan fingerprint density at radius 1 is 0.184 bits per heavy atom. The van der Waals surface area contributed by atoms with Crippen LogP contribution in [0.3, 0.4) is 0 Å². The van der Waals surface area contributed by atoms with Crippen LogP contribution in [0.4, 0.5) is 0 Å². The first-order chi connectivity index (χ1) is 48.1. The zero-order chi connectivity index (χ0) is 67.5. The highest BCUT2D eigenvalue weighted by Crippen LogP contribution is 2.32. The van der Waals surface area contributed by atoms with E-state index in [2.05, 4.69) is 245 Å². The maximum absolute atomic E-state index is 5.60. The average Bonchev–Trinajstić information content (AvgIpc) is 0.876. The molecule has 486 valence electrons. The molecule has 0 aliphatic heterocycles. The second-order valence-electron chi connectivity index (χ2n) is 23.6. The zero-order valence-corrected chi connectivity index (χ0v) is 56.2. The lowest BCUT2D eigenvalue weighted by Crippen LogP contribution is -2.39. The molecule has 0 radical (unpaired) electrons. The molecule has 0 N–H and O–H groups in total. The van der Waals surface area contributed by atoms with E-state index in [1.165, 1.54) is 22.3 Å². The lowest BCUT2D eigenvalue weighted by Gasteiger charge is -2.13. The maximum Gasteiger partial charge on any atom is 0.214 e. The molecule has 16 heteroatoms. The number of aromatic nitrogens is 8. The molecular formula is C82H78N8O8+8. The number of hydrogen-bond acceptors (Lipinski definition) is 8. The number of benzene rings is 5. The summed E-state index contributed by atoms with van der Waals surface area (Å²) in [7, 11) is 13.2. The van der Waals surface area contributed by atoms with Gasteiger partial charge in [-0.3, -0.25) is 0 Å². The molecule has 0 atom stereocenters. The molecule has 0 saturated carbocycles. The summed E-state index contributed by atoms with van der Waals surface area (Å²) >= 11 is 0. The van der Waals surface area contributed by atoms with Gasteiger partial charge in [0, 0.05) is 144 Å². The fourth-order valence-electron chi connectivity index (χ4n) is 12.3. The summed E-state index contributed by atoms with van der Waals surface area (Å²) < 4.78 is 61.8. The van der Waals surface area contributed by atoms with Crippen molar-refractivity contribution in [1.29, 1.82) is 0 Å². The van der Waals surface area contributed by atoms with E-state index >= 15 is 0 Å². The molecule has 0 amide bonds. The van der Waals surface area contributed by atoms with Crippen LogP contribution in [0.2, 0.25) is 0 Å². The second kappa shape index (κ2) is 29.6. The normalized spacial score (nSPS) is 11.0. The third-order valence-electron chi connectivity index (χ3n) is 17.8. The number of hydrogen-bond donors (Lipinski definition) is 0. The summed E-state index contributed by atoms with van der Waals surface area (Å²) in [5.74, 6) is 5.46. The minimum absolute atomic E-state index is 0.644. The minimum Gasteiger partial charge on any atom is -0.493 e. The Bertz CT molecular complexity index is 4290. The second-order valence-corrected chi connectivity index (χ2v) is 23.6. The van der Waals surface area contributed by atoms with Crippen molar-refractivity contribution in [2.45, 2.75) is 26.2 Å². The third-order valence-corrected chi connectivity index (χ3v) is 17.8. The molecule has 98 heavy (non-hydrogen) atoms. The van der Waals surface area contributed by atoms with Gasteiger partial charge in [-0.1, -0.05) is 0 Å². The largest absolute Gasteiger partial charge is 0.493 e. The molecule has 0 saturated heterocycles. The predicted molar refractivity (Wildman–Crippen MR) is 370 cm³/mol. The summed E-state index contributed by atoms with van der Waals surface area (Å²) in [5, 5.41) is 0. The summed E-state index contributed by atoms with van der Waals surface area (Å²) in [6.07, 6.45) is 34.1. The third kappa shape index (κ3) is 14.4. The predicted octanol–water partition coefficient (Wildman–Crippen LogP) is 10.9. The fraction of sp³-hybridized carbons (Fsp3) is 0.146. The molecule has 0 unspecified atom stereocenters. The van der Waals surface area contributed by atoms with Gasteiger partial charge in [-0.25, -0.2) is 18.3 Å². The highest BCUT2D eigenvalue weighted by molar-refractivity contribution is 5.64. The summed E-state index contributed by atoms with van der Waals surface area (Å²) in [5.41, 5.74) is 17.6. The van der Waals surface area contributed by atoms with E-state index in [0.29, 0.717) is 72.2 Å². The Labute approximate surface area is 571 Å². The van der Waals surface area contributed by atoms with Crippen molar-refractivity contribution in [2.75, 3.05) is 56.9 Å². The van der Waals surface area contributed by atoms with Crippen molar-refractivity contribution >= 4 is 0 Å². The summed E-state index contributed by atoms with van der Waals surface area (Å²) in [6.45, 7) is 2.58. The summed E-state index contributed by atoms with van der Waals surface area (Å²) in [6, 6.07) is 63.2. The van der Waals surface area contributed by atoms with E-state index in [1.807, 2.05) is 72.8 Å². The number of methoxy groups -OCH3 is 8. The van der Waals surface area contributed by atoms with Crippen molar-refractivity contribution in [3.05, 3.63) is 303 Å². The maximum atomic E-state index is 5.60. The first kappa shape index (κ1) is 64.4. The molecule has 8 heterocycles. The van der Waals surface area contributed by atoms with Gasteiger partial charge in [0.1, 0.15) is 0 Å². The van der Waals surface area contributed by atoms with Crippen molar-refractivity contribution in [3.63, 3.8) is 0 Å². The van der Waals surface area contributed by atoms with Crippen molar-refractivity contribution < 1.29 is 74.4 Å². The van der Waals surface area contributed by atoms with E-state index in [-0.39, 0.29) is 0 Å². The van der Waals surface area contributed by atoms with Gasteiger partial charge < -0.3 is 37.9 Å². The quantitative estimate of drug-likeness (QED) is 0.0551. The van der Waals surface area contributed by atoms with E-state index in [9.17, 15) is 0 Å². The molecule has 5 aromatic carbocycles. The van der Waals surface area contributed by atoms with Crippen LogP contribution in [0, 0.1) is 0 Å². The van der Waals surface area contributed by atoms with Gasteiger partial charge in [0.2, 0.25) is 22.7 Å². The SMILES string of the molecule is COc1ccc(-[n+]2ccc(-c3cc[n+](Cc4cc(C[n+]5ccc(-c6cc[n+](-c7ccc(OC)c(OC)c7)cc6)cc5)c(C[n+]5ccc(-c6cc[n+](-c7ccc(OC)c(OC)c7)cc6)cc5)cc4C[n+]4ccc(-c5cc[n+](-c6ccc(OC)c(OC)c6)cc5)cc4)cc3)cc2)cc1OC. The van der Waals surface area contributed by atoms with Crippen LogP contribution in [-0.4, -0.2) is 56.9 Å². The molecular weight excluding hydrogens is 1220 g/mol. The molecule has 0 spiro atoms. The molecule has 0 aliphatic rings. The van der Waals surface area contributed by atoms with Crippen molar-refractivity contribution in [1.82, 2.24) is 0 Å². The molecule has 0 fully saturated rings. The van der Waals surface area contributed by atoms with Gasteiger partial charge in [-0.05, 0) is 80.9 Å². The van der Waals surface area contributed by atoms with Crippen LogP contribution in [0.1, 0.15) is 22.3 Å². The van der Waals surface area contributed by atoms with Gasteiger partial charge in [-0.2, -0.15) is 18.3 Å². The van der Waals surface area contributed by atoms with Gasteiger partial charge >= 0.3 is 0 Å². The smallest absolute Gasteiger partial charge is 0.214 e. The Morgan fingerprint density at radius 2 is 0.347 bits per heavy atom. The molecule has 16 nitrogen and oxygen atoms in total. The highest BCUT2D eigenvalue weighted by atomic mass is 16.5. The topological polar surface area (TPSA) is 105 Å². The van der Waals surface area contributed by atoms with E-state index < -0.39 is 0 Å². The average molecular weight is 1300 g/mol. The van der Waals surface area contributed by atoms with Crippen LogP contribution < -0.4 is 74.4 Å². The first-order valence-electron chi connectivity index (χ1n) is 32.2. The van der Waals surface area contributed by atoms with Gasteiger partial charge in [-0.15, -0.1) is 0 Å². The fourth-order valence-corrected chi connectivity index (χ4v) is 12.3. The van der Waals surface area contributed by atoms with Crippen LogP contribution in [-0.2, 0) is 26.2 Å². The minimum atomic E-state index is 0.644. The number of rotatable bonds is 24. The molecule has 0 aliphatic carbocycles. The summed E-state index contributed by atoms with van der Waals surface area (Å²) in [4.78, 5) is 0. The van der Waals surface area contributed by atoms with Crippen molar-refractivity contribution in [3.8, 4) is 113 Å². The molecule has 13 aromatic rings. The Morgan fingerprint density at radius 3 is 0.510 bits per heavy atom. The number of nitrogens with zero attached hydrogens (tertiary/aromatic N) is 8. The van der Waals surface area contributed by atoms with Crippen LogP contribution in [0.25, 0.3) is 67.3 Å². The van der Waals surface area contributed by atoms with Gasteiger partial charge in [0.05, 0.1) is 81.1 Å². The van der Waals surface area contributed by atoms with Crippen LogP contribution in [0.15, 0.2) is 281 Å². The Balaban J connectivity index is 0.828. The van der Waals surface area contributed by atoms with Crippen LogP contribution >= 0.6 is 0 Å². The van der Waals surface area contributed by atoms with Crippen molar-refractivity contribution in [2.24, 2.45) is 0 Å². The van der Waals surface area contributed by atoms with E-state index in [1.54, 1.807) is 56.9 Å². The van der Waals surface area contributed by atoms with Gasteiger partial charge in [0.15, 0.2) is 171 Å². The number of pyridine rings is 8. The number of ether oxygens (including phenoxy) is 8. The lowest BCUT2D eigenvalue weighted by molar-refractivity contribution is -0.695. The van der Waals surface area contributed by atoms with Gasteiger partial charge in [0.25, 0.3) is 0 Å². The zero-order valence-electron chi connectivity index (χ0n) is 56.2. The molecule has 13 rings (SSSR count). The van der Waals surface area contributed by atoms with E-state index in [0.717, 1.165) is 67.3 Å². The lowest BCUT2D eigenvalue weighted by atomic mass is 9.96. The molecule has 8 aromatic heterocycles. The Hall–Kier alpha value is -12.3. The Kier molecular flexibility index (Phi) is 19.4. The standard InChI is InChI=1S/C82H78N8O8/c1-91-75-13-9-71(51-79(75)95-5)87-41-25-63(26-42-87)59-17-33-83(34-18-59)55-67-49-69(57-85-37-21-61(22-38-85)65-29-45-89(46-30-65)73-11-15-77(93-3)81(53-73)97-7)70(58-86-39-23-62(24-40-86)66-31-47-90(48-32-66)74-12-16-78(94-4)82(54-74)98-8)50-68(67)56-84-35-19-60(20-36-84)64-27-43-88(44-28-64)72-10-14-76(92-2)80(52-72)96-6/h9-54H,55-58H2,1-8H3/q+8. The van der Waals surface area contributed by atoms with E-state index in [4.69, 9.17) is 37.9 Å². The van der Waals surface area contributed by atoms with Crippen LogP contribution in [0.5, 0.6) is 46.0 Å².